The van der Waals surface area contributed by atoms with Gasteiger partial charge in [-0.15, -0.1) is 0 Å². The van der Waals surface area contributed by atoms with Gasteiger partial charge in [-0.2, -0.15) is 0 Å². The molecule has 0 bridgehead atoms. The summed E-state index contributed by atoms with van der Waals surface area (Å²) in [6.45, 7) is 0. The van der Waals surface area contributed by atoms with E-state index in [9.17, 15) is 4.79 Å². The van der Waals surface area contributed by atoms with E-state index in [0.29, 0.717) is 17.9 Å². The number of imidazole rings is 1. The summed E-state index contributed by atoms with van der Waals surface area (Å²) in [5.74, 6) is 2.05. The van der Waals surface area contributed by atoms with Gasteiger partial charge in [-0.3, -0.25) is 4.79 Å². The molecule has 1 aliphatic carbocycles. The number of Topliss-reactive ketones (excluding diaryl/α,β-unsaturated/α-hetero) is 1. The molecule has 124 valence electrons. The fraction of sp³-hybridized carbons (Fsp3) is 0.333. The van der Waals surface area contributed by atoms with Gasteiger partial charge < -0.3 is 19.8 Å². The van der Waals surface area contributed by atoms with Crippen molar-refractivity contribution in [2.45, 2.75) is 25.2 Å². The van der Waals surface area contributed by atoms with E-state index < -0.39 is 0 Å². The van der Waals surface area contributed by atoms with E-state index >= 15 is 0 Å². The zero-order valence-corrected chi connectivity index (χ0v) is 13.7. The summed E-state index contributed by atoms with van der Waals surface area (Å²) in [5, 5.41) is 3.43. The topological polar surface area (TPSA) is 76.2 Å². The minimum atomic E-state index is -0.209. The Morgan fingerprint density at radius 3 is 2.67 bits per heavy atom. The van der Waals surface area contributed by atoms with Crippen LogP contribution in [0.2, 0.25) is 0 Å². The first kappa shape index (κ1) is 14.8. The summed E-state index contributed by atoms with van der Waals surface area (Å²) in [6.07, 6.45) is 5.82. The summed E-state index contributed by atoms with van der Waals surface area (Å²) < 4.78 is 10.9. The van der Waals surface area contributed by atoms with E-state index in [0.717, 1.165) is 41.2 Å². The molecule has 0 fully saturated rings. The Morgan fingerprint density at radius 1 is 1.17 bits per heavy atom. The number of aromatic amines is 1. The van der Waals surface area contributed by atoms with E-state index in [-0.39, 0.29) is 11.7 Å². The quantitative estimate of drug-likeness (QED) is 0.907. The molecule has 1 aliphatic heterocycles. The number of methoxy groups -OCH3 is 2. The van der Waals surface area contributed by atoms with Gasteiger partial charge in [0.1, 0.15) is 5.82 Å². The number of ether oxygens (including phenoxy) is 2. The number of fused-ring (bicyclic) bond motifs is 1. The first-order valence-corrected chi connectivity index (χ1v) is 8.01. The van der Waals surface area contributed by atoms with Crippen LogP contribution in [-0.4, -0.2) is 30.0 Å². The highest BCUT2D eigenvalue weighted by Gasteiger charge is 2.37. The van der Waals surface area contributed by atoms with Crippen LogP contribution in [0, 0.1) is 0 Å². The second-order valence-corrected chi connectivity index (χ2v) is 6.00. The summed E-state index contributed by atoms with van der Waals surface area (Å²) in [6, 6.07) is 3.85. The molecule has 2 heterocycles. The van der Waals surface area contributed by atoms with Crippen molar-refractivity contribution >= 4 is 11.5 Å². The summed E-state index contributed by atoms with van der Waals surface area (Å²) in [4.78, 5) is 20.2. The lowest BCUT2D eigenvalue weighted by molar-refractivity contribution is -0.116. The normalized spacial score (nSPS) is 19.4. The van der Waals surface area contributed by atoms with Crippen molar-refractivity contribution in [2.75, 3.05) is 19.5 Å². The van der Waals surface area contributed by atoms with E-state index in [4.69, 9.17) is 9.47 Å². The SMILES string of the molecule is COc1cc2c(cc1OC)[C@H](c1ncc[nH]1)C1=C(CCCC1=O)N2. The molecule has 6 nitrogen and oxygen atoms in total. The molecular formula is C18H19N3O3. The fourth-order valence-corrected chi connectivity index (χ4v) is 3.61. The van der Waals surface area contributed by atoms with Gasteiger partial charge in [-0.1, -0.05) is 0 Å². The van der Waals surface area contributed by atoms with Crippen LogP contribution < -0.4 is 14.8 Å². The highest BCUT2D eigenvalue weighted by atomic mass is 16.5. The third-order valence-corrected chi connectivity index (χ3v) is 4.69. The number of carbonyl (C=O) groups is 1. The molecule has 1 atom stereocenters. The Hall–Kier alpha value is -2.76. The predicted octanol–water partition coefficient (Wildman–Crippen LogP) is 2.99. The van der Waals surface area contributed by atoms with Crippen molar-refractivity contribution < 1.29 is 14.3 Å². The number of anilines is 1. The molecule has 24 heavy (non-hydrogen) atoms. The highest BCUT2D eigenvalue weighted by Crippen LogP contribution is 2.47. The third kappa shape index (κ3) is 2.18. The van der Waals surface area contributed by atoms with Gasteiger partial charge in [-0.05, 0) is 24.5 Å². The van der Waals surface area contributed by atoms with E-state index in [1.54, 1.807) is 26.6 Å². The molecule has 2 N–H and O–H groups in total. The Bertz CT molecular complexity index is 824. The minimum Gasteiger partial charge on any atom is -0.493 e. The Morgan fingerprint density at radius 2 is 1.96 bits per heavy atom. The predicted molar refractivity (Wildman–Crippen MR) is 89.5 cm³/mol. The zero-order chi connectivity index (χ0) is 16.7. The molecule has 1 aromatic heterocycles. The van der Waals surface area contributed by atoms with Gasteiger partial charge in [0.15, 0.2) is 17.3 Å². The summed E-state index contributed by atoms with van der Waals surface area (Å²) in [7, 11) is 3.23. The van der Waals surface area contributed by atoms with Crippen LogP contribution in [0.5, 0.6) is 11.5 Å². The van der Waals surface area contributed by atoms with Crippen molar-refractivity contribution in [1.29, 1.82) is 0 Å². The maximum Gasteiger partial charge on any atom is 0.162 e. The van der Waals surface area contributed by atoms with Crippen molar-refractivity contribution in [3.63, 3.8) is 0 Å². The van der Waals surface area contributed by atoms with Crippen molar-refractivity contribution in [3.05, 3.63) is 47.2 Å². The molecule has 1 aromatic carbocycles. The Kier molecular flexibility index (Phi) is 3.52. The number of benzene rings is 1. The molecule has 4 rings (SSSR count). The number of hydrogen-bond acceptors (Lipinski definition) is 5. The van der Waals surface area contributed by atoms with Crippen LogP contribution in [0.4, 0.5) is 5.69 Å². The summed E-state index contributed by atoms with van der Waals surface area (Å²) in [5.41, 5.74) is 3.71. The number of nitrogens with zero attached hydrogens (tertiary/aromatic N) is 1. The molecule has 2 aromatic rings. The second-order valence-electron chi connectivity index (χ2n) is 6.00. The van der Waals surface area contributed by atoms with Crippen LogP contribution in [0.1, 0.15) is 36.6 Å². The molecule has 0 saturated heterocycles. The number of hydrogen-bond donors (Lipinski definition) is 2. The molecule has 0 amide bonds. The van der Waals surface area contributed by atoms with Crippen molar-refractivity contribution in [2.24, 2.45) is 0 Å². The van der Waals surface area contributed by atoms with Gasteiger partial charge in [0.05, 0.1) is 20.1 Å². The van der Waals surface area contributed by atoms with E-state index in [1.165, 1.54) is 0 Å². The van der Waals surface area contributed by atoms with Crippen LogP contribution in [0.15, 0.2) is 35.8 Å². The van der Waals surface area contributed by atoms with E-state index in [2.05, 4.69) is 15.3 Å². The summed E-state index contributed by atoms with van der Waals surface area (Å²) >= 11 is 0. The van der Waals surface area contributed by atoms with Crippen LogP contribution >= 0.6 is 0 Å². The second kappa shape index (κ2) is 5.70. The molecular weight excluding hydrogens is 306 g/mol. The molecule has 0 unspecified atom stereocenters. The third-order valence-electron chi connectivity index (χ3n) is 4.69. The average Bonchev–Trinajstić information content (AvgIpc) is 3.13. The van der Waals surface area contributed by atoms with Crippen LogP contribution in [-0.2, 0) is 4.79 Å². The van der Waals surface area contributed by atoms with Gasteiger partial charge >= 0.3 is 0 Å². The number of carbonyl (C=O) groups excluding carboxylic acids is 1. The largest absolute Gasteiger partial charge is 0.493 e. The van der Waals surface area contributed by atoms with Gasteiger partial charge in [0, 0.05) is 41.8 Å². The maximum atomic E-state index is 12.6. The average molecular weight is 325 g/mol. The lowest BCUT2D eigenvalue weighted by Gasteiger charge is -2.33. The maximum absolute atomic E-state index is 12.6. The standard InChI is InChI=1S/C18H19N3O3/c1-23-14-8-10-12(9-15(14)24-2)21-11-4-3-5-13(22)17(11)16(10)18-19-6-7-20-18/h6-9,16,21H,3-5H2,1-2H3,(H,19,20)/t16-/m0/s1. The van der Waals surface area contributed by atoms with E-state index in [1.807, 2.05) is 12.1 Å². The Labute approximate surface area is 139 Å². The first-order chi connectivity index (χ1) is 11.7. The van der Waals surface area contributed by atoms with Gasteiger partial charge in [-0.25, -0.2) is 4.98 Å². The van der Waals surface area contributed by atoms with Gasteiger partial charge in [0.25, 0.3) is 0 Å². The molecule has 6 heteroatoms. The Balaban J connectivity index is 1.94. The smallest absolute Gasteiger partial charge is 0.162 e. The number of aromatic nitrogens is 2. The number of nitrogens with one attached hydrogen (secondary N) is 2. The minimum absolute atomic E-state index is 0.186. The lowest BCUT2D eigenvalue weighted by Crippen LogP contribution is -2.27. The lowest BCUT2D eigenvalue weighted by atomic mass is 9.78. The van der Waals surface area contributed by atoms with Crippen LogP contribution in [0.3, 0.4) is 0 Å². The number of H-pyrrole nitrogens is 1. The highest BCUT2D eigenvalue weighted by molar-refractivity contribution is 6.01. The molecule has 0 radical (unpaired) electrons. The first-order valence-electron chi connectivity index (χ1n) is 8.01. The van der Waals surface area contributed by atoms with Gasteiger partial charge in [0.2, 0.25) is 0 Å². The molecule has 2 aliphatic rings. The molecule has 0 saturated carbocycles. The molecule has 0 spiro atoms. The monoisotopic (exact) mass is 325 g/mol. The van der Waals surface area contributed by atoms with Crippen molar-refractivity contribution in [3.8, 4) is 11.5 Å². The fourth-order valence-electron chi connectivity index (χ4n) is 3.61. The number of ketones is 1. The van der Waals surface area contributed by atoms with Crippen LogP contribution in [0.25, 0.3) is 0 Å². The van der Waals surface area contributed by atoms with Crippen molar-refractivity contribution in [1.82, 2.24) is 9.97 Å². The number of allylic oxidation sites excluding steroid dienone is 2. The zero-order valence-electron chi connectivity index (χ0n) is 13.7. The number of rotatable bonds is 3.